The molecule has 3 aromatic rings. The number of likely N-dealkylation sites (N-methyl/N-ethyl adjacent to an activating group) is 1. The Morgan fingerprint density at radius 2 is 1.79 bits per heavy atom. The maximum atomic E-state index is 12.7. The zero-order chi connectivity index (χ0) is 24.0. The number of para-hydroxylation sites is 1. The van der Waals surface area contributed by atoms with E-state index in [-0.39, 0.29) is 28.9 Å². The number of furan rings is 1. The topological polar surface area (TPSA) is 132 Å². The quantitative estimate of drug-likeness (QED) is 0.316. The number of ether oxygens (including phenoxy) is 1. The van der Waals surface area contributed by atoms with E-state index in [0.717, 1.165) is 0 Å². The lowest BCUT2D eigenvalue weighted by Gasteiger charge is -2.20. The lowest BCUT2D eigenvalue weighted by Crippen LogP contribution is -2.33. The summed E-state index contributed by atoms with van der Waals surface area (Å²) >= 11 is 0. The molecule has 1 aromatic heterocycles. The summed E-state index contributed by atoms with van der Waals surface area (Å²) in [6.07, 6.45) is 1.50. The number of amides is 2. The highest BCUT2D eigenvalue weighted by Crippen LogP contribution is 2.22. The lowest BCUT2D eigenvalue weighted by molar-refractivity contribution is -0.385. The third-order valence-corrected chi connectivity index (χ3v) is 4.94. The van der Waals surface area contributed by atoms with Crippen molar-refractivity contribution in [1.82, 2.24) is 5.32 Å². The van der Waals surface area contributed by atoms with Crippen molar-refractivity contribution in [3.63, 3.8) is 0 Å². The Morgan fingerprint density at radius 1 is 1.06 bits per heavy atom. The van der Waals surface area contributed by atoms with Crippen molar-refractivity contribution in [3.8, 4) is 0 Å². The summed E-state index contributed by atoms with van der Waals surface area (Å²) in [5.41, 5.74) is 0.495. The average molecular weight is 451 g/mol. The SMILES string of the molecule is Cc1c(C(=O)OCC(=O)N(C)c2ccccc2C(=O)NCc2ccco2)cccc1[N+](=O)[O-]. The fourth-order valence-electron chi connectivity index (χ4n) is 3.11. The van der Waals surface area contributed by atoms with Crippen LogP contribution in [0.3, 0.4) is 0 Å². The first kappa shape index (κ1) is 23.2. The molecule has 0 radical (unpaired) electrons. The molecular weight excluding hydrogens is 430 g/mol. The van der Waals surface area contributed by atoms with Crippen molar-refractivity contribution in [2.24, 2.45) is 0 Å². The number of benzene rings is 2. The van der Waals surface area contributed by atoms with E-state index >= 15 is 0 Å². The van der Waals surface area contributed by atoms with E-state index in [1.807, 2.05) is 0 Å². The molecule has 0 bridgehead atoms. The summed E-state index contributed by atoms with van der Waals surface area (Å²) in [6, 6.07) is 13.9. The van der Waals surface area contributed by atoms with Gasteiger partial charge in [0.05, 0.1) is 34.5 Å². The maximum Gasteiger partial charge on any atom is 0.339 e. The van der Waals surface area contributed by atoms with Crippen LogP contribution in [0.5, 0.6) is 0 Å². The van der Waals surface area contributed by atoms with Gasteiger partial charge in [-0.2, -0.15) is 0 Å². The van der Waals surface area contributed by atoms with Gasteiger partial charge in [-0.1, -0.05) is 18.2 Å². The Kier molecular flexibility index (Phi) is 7.19. The molecule has 10 heteroatoms. The molecule has 0 saturated carbocycles. The van der Waals surface area contributed by atoms with Crippen molar-refractivity contribution < 1.29 is 28.5 Å². The van der Waals surface area contributed by atoms with Gasteiger partial charge in [-0.25, -0.2) is 4.79 Å². The number of nitro groups is 1. The first-order valence-electron chi connectivity index (χ1n) is 9.87. The van der Waals surface area contributed by atoms with Crippen LogP contribution >= 0.6 is 0 Å². The van der Waals surface area contributed by atoms with Crippen LogP contribution in [-0.4, -0.2) is 36.4 Å². The van der Waals surface area contributed by atoms with Gasteiger partial charge < -0.3 is 19.4 Å². The minimum Gasteiger partial charge on any atom is -0.467 e. The van der Waals surface area contributed by atoms with Crippen LogP contribution in [0.2, 0.25) is 0 Å². The largest absolute Gasteiger partial charge is 0.467 e. The van der Waals surface area contributed by atoms with E-state index in [2.05, 4.69) is 5.32 Å². The van der Waals surface area contributed by atoms with Crippen LogP contribution in [-0.2, 0) is 16.1 Å². The number of rotatable bonds is 8. The molecular formula is C23H21N3O7. The van der Waals surface area contributed by atoms with Crippen molar-refractivity contribution in [1.29, 1.82) is 0 Å². The molecule has 1 N–H and O–H groups in total. The predicted octanol–water partition coefficient (Wildman–Crippen LogP) is 3.25. The number of nitrogens with zero attached hydrogens (tertiary/aromatic N) is 2. The van der Waals surface area contributed by atoms with Crippen LogP contribution in [0.15, 0.2) is 65.3 Å². The number of hydrogen-bond acceptors (Lipinski definition) is 7. The molecule has 0 aliphatic heterocycles. The lowest BCUT2D eigenvalue weighted by atomic mass is 10.1. The van der Waals surface area contributed by atoms with Crippen molar-refractivity contribution in [3.05, 3.63) is 93.4 Å². The van der Waals surface area contributed by atoms with E-state index in [1.165, 1.54) is 43.3 Å². The molecule has 0 fully saturated rings. The van der Waals surface area contributed by atoms with E-state index in [1.54, 1.807) is 36.4 Å². The van der Waals surface area contributed by atoms with Crippen LogP contribution < -0.4 is 10.2 Å². The molecule has 0 aliphatic rings. The van der Waals surface area contributed by atoms with Crippen LogP contribution in [0.1, 0.15) is 32.0 Å². The van der Waals surface area contributed by atoms with Crippen LogP contribution in [0.4, 0.5) is 11.4 Å². The van der Waals surface area contributed by atoms with Gasteiger partial charge in [-0.3, -0.25) is 19.7 Å². The highest BCUT2D eigenvalue weighted by Gasteiger charge is 2.22. The second-order valence-electron chi connectivity index (χ2n) is 7.01. The van der Waals surface area contributed by atoms with Crippen molar-refractivity contribution >= 4 is 29.2 Å². The van der Waals surface area contributed by atoms with E-state index in [9.17, 15) is 24.5 Å². The number of carbonyl (C=O) groups is 3. The molecule has 0 aliphatic carbocycles. The summed E-state index contributed by atoms with van der Waals surface area (Å²) in [5, 5.41) is 13.8. The van der Waals surface area contributed by atoms with Gasteiger partial charge in [0.2, 0.25) is 0 Å². The monoisotopic (exact) mass is 451 g/mol. The molecule has 0 spiro atoms. The number of esters is 1. The minimum atomic E-state index is -0.859. The fourth-order valence-corrected chi connectivity index (χ4v) is 3.11. The van der Waals surface area contributed by atoms with Gasteiger partial charge in [0, 0.05) is 18.7 Å². The van der Waals surface area contributed by atoms with Gasteiger partial charge in [0.25, 0.3) is 17.5 Å². The summed E-state index contributed by atoms with van der Waals surface area (Å²) in [6.45, 7) is 0.998. The molecule has 2 amide bonds. The molecule has 3 rings (SSSR count). The fraction of sp³-hybridized carbons (Fsp3) is 0.174. The number of nitro benzene ring substituents is 1. The molecule has 170 valence electrons. The van der Waals surface area contributed by atoms with Gasteiger partial charge in [-0.15, -0.1) is 0 Å². The summed E-state index contributed by atoms with van der Waals surface area (Å²) in [7, 11) is 1.45. The Bertz CT molecular complexity index is 1190. The third kappa shape index (κ3) is 5.42. The zero-order valence-electron chi connectivity index (χ0n) is 17.9. The van der Waals surface area contributed by atoms with Crippen molar-refractivity contribution in [2.45, 2.75) is 13.5 Å². The average Bonchev–Trinajstić information content (AvgIpc) is 3.34. The molecule has 0 atom stereocenters. The summed E-state index contributed by atoms with van der Waals surface area (Å²) in [5.74, 6) is -1.28. The van der Waals surface area contributed by atoms with Crippen LogP contribution in [0.25, 0.3) is 0 Å². The van der Waals surface area contributed by atoms with Gasteiger partial charge >= 0.3 is 5.97 Å². The first-order valence-corrected chi connectivity index (χ1v) is 9.87. The second kappa shape index (κ2) is 10.2. The molecule has 0 unspecified atom stereocenters. The molecule has 33 heavy (non-hydrogen) atoms. The van der Waals surface area contributed by atoms with E-state index in [0.29, 0.717) is 11.4 Å². The first-order chi connectivity index (χ1) is 15.8. The Balaban J connectivity index is 1.67. The molecule has 1 heterocycles. The van der Waals surface area contributed by atoms with Gasteiger partial charge in [0.1, 0.15) is 5.76 Å². The summed E-state index contributed by atoms with van der Waals surface area (Å²) in [4.78, 5) is 49.3. The number of carbonyl (C=O) groups excluding carboxylic acids is 3. The van der Waals surface area contributed by atoms with Gasteiger partial charge in [0.15, 0.2) is 6.61 Å². The summed E-state index contributed by atoms with van der Waals surface area (Å²) < 4.78 is 10.3. The van der Waals surface area contributed by atoms with Crippen molar-refractivity contribution in [2.75, 3.05) is 18.6 Å². The van der Waals surface area contributed by atoms with E-state index in [4.69, 9.17) is 9.15 Å². The van der Waals surface area contributed by atoms with Crippen LogP contribution in [0, 0.1) is 17.0 Å². The zero-order valence-corrected chi connectivity index (χ0v) is 17.9. The predicted molar refractivity (Wildman–Crippen MR) is 118 cm³/mol. The standard InChI is InChI=1S/C23H21N3O7/c1-15-17(9-5-11-19(15)26(30)31)23(29)33-14-21(27)25(2)20-10-4-3-8-18(20)22(28)24-13-16-7-6-12-32-16/h3-12H,13-14H2,1-2H3,(H,24,28). The Labute approximate surface area is 188 Å². The highest BCUT2D eigenvalue weighted by atomic mass is 16.6. The normalized spacial score (nSPS) is 10.4. The maximum absolute atomic E-state index is 12.7. The molecule has 0 saturated heterocycles. The third-order valence-electron chi connectivity index (χ3n) is 4.94. The highest BCUT2D eigenvalue weighted by molar-refractivity contribution is 6.05. The number of nitrogens with one attached hydrogen (secondary N) is 1. The smallest absolute Gasteiger partial charge is 0.339 e. The number of hydrogen-bond donors (Lipinski definition) is 1. The van der Waals surface area contributed by atoms with E-state index < -0.39 is 29.3 Å². The Hall–Kier alpha value is -4.47. The second-order valence-corrected chi connectivity index (χ2v) is 7.01. The Morgan fingerprint density at radius 3 is 2.48 bits per heavy atom. The molecule has 10 nitrogen and oxygen atoms in total. The number of anilines is 1. The van der Waals surface area contributed by atoms with Gasteiger partial charge in [-0.05, 0) is 37.3 Å². The molecule has 2 aromatic carbocycles. The minimum absolute atomic E-state index is 0.00245.